The number of halogens is 2. The maximum Gasteiger partial charge on any atom is 0.196 e. The average Bonchev–Trinajstić information content (AvgIpc) is 3.33. The van der Waals surface area contributed by atoms with Gasteiger partial charge in [0.1, 0.15) is 16.5 Å². The Morgan fingerprint density at radius 1 is 1.14 bits per heavy atom. The Labute approximate surface area is 179 Å². The van der Waals surface area contributed by atoms with E-state index in [-0.39, 0.29) is 0 Å². The van der Waals surface area contributed by atoms with E-state index < -0.39 is 0 Å². The topological polar surface area (TPSA) is 61.5 Å². The summed E-state index contributed by atoms with van der Waals surface area (Å²) in [6.07, 6.45) is 1.75. The molecule has 6 nitrogen and oxygen atoms in total. The summed E-state index contributed by atoms with van der Waals surface area (Å²) >= 11 is 15.3. The van der Waals surface area contributed by atoms with Gasteiger partial charge in [0.25, 0.3) is 0 Å². The van der Waals surface area contributed by atoms with Gasteiger partial charge in [-0.1, -0.05) is 35.0 Å². The largest absolute Gasteiger partial charge is 0.497 e. The number of ether oxygens (including phenoxy) is 2. The molecule has 0 saturated heterocycles. The number of benzene rings is 1. The molecule has 1 aromatic carbocycles. The lowest BCUT2D eigenvalue weighted by Gasteiger charge is -2.08. The van der Waals surface area contributed by atoms with Crippen molar-refractivity contribution in [2.24, 2.45) is 0 Å². The number of hydrogen-bond acceptors (Lipinski definition) is 7. The highest BCUT2D eigenvalue weighted by molar-refractivity contribution is 7.98. The van der Waals surface area contributed by atoms with Crippen LogP contribution in [-0.4, -0.2) is 33.8 Å². The predicted molar refractivity (Wildman–Crippen MR) is 113 cm³/mol. The van der Waals surface area contributed by atoms with E-state index in [1.807, 2.05) is 23.6 Å². The molecule has 4 aromatic rings. The second-order valence-electron chi connectivity index (χ2n) is 5.68. The van der Waals surface area contributed by atoms with E-state index in [1.165, 1.54) is 11.8 Å². The normalized spacial score (nSPS) is 11.1. The molecule has 0 fully saturated rings. The molecule has 0 N–H and O–H groups in total. The molecule has 0 aliphatic rings. The quantitative estimate of drug-likeness (QED) is 0.361. The van der Waals surface area contributed by atoms with Crippen molar-refractivity contribution in [3.63, 3.8) is 0 Å². The van der Waals surface area contributed by atoms with Gasteiger partial charge in [-0.3, -0.25) is 4.40 Å². The van der Waals surface area contributed by atoms with Gasteiger partial charge in [0.15, 0.2) is 10.8 Å². The van der Waals surface area contributed by atoms with E-state index in [4.69, 9.17) is 37.7 Å². The number of hydrogen-bond donors (Lipinski definition) is 0. The lowest BCUT2D eigenvalue weighted by Crippen LogP contribution is -1.91. The van der Waals surface area contributed by atoms with Gasteiger partial charge in [-0.2, -0.15) is 0 Å². The van der Waals surface area contributed by atoms with Gasteiger partial charge in [0.05, 0.1) is 35.5 Å². The molecule has 0 spiro atoms. The number of fused-ring (bicyclic) bond motifs is 1. The Balaban J connectivity index is 1.55. The summed E-state index contributed by atoms with van der Waals surface area (Å²) in [4.78, 5) is 4.73. The predicted octanol–water partition coefficient (Wildman–Crippen LogP) is 5.47. The summed E-state index contributed by atoms with van der Waals surface area (Å²) in [5.41, 5.74) is 2.44. The smallest absolute Gasteiger partial charge is 0.196 e. The molecule has 0 atom stereocenters. The third-order valence-corrected chi connectivity index (χ3v) is 6.32. The van der Waals surface area contributed by atoms with Gasteiger partial charge in [-0.05, 0) is 18.2 Å². The third kappa shape index (κ3) is 3.77. The minimum absolute atomic E-state index is 0.467. The van der Waals surface area contributed by atoms with E-state index in [9.17, 15) is 0 Å². The first kappa shape index (κ1) is 19.3. The zero-order valence-electron chi connectivity index (χ0n) is 14.8. The van der Waals surface area contributed by atoms with Crippen LogP contribution in [0.5, 0.6) is 11.5 Å². The molecule has 0 bridgehead atoms. The van der Waals surface area contributed by atoms with Gasteiger partial charge in [-0.25, -0.2) is 4.98 Å². The SMILES string of the molecule is COc1ccc(-c2nc(CSc3nnc4c(Cl)cc(Cl)cn34)cs2)c(OC)c1. The van der Waals surface area contributed by atoms with Gasteiger partial charge < -0.3 is 9.47 Å². The Kier molecular flexibility index (Phi) is 5.63. The summed E-state index contributed by atoms with van der Waals surface area (Å²) in [5, 5.41) is 12.9. The molecule has 0 amide bonds. The van der Waals surface area contributed by atoms with Crippen molar-refractivity contribution in [2.45, 2.75) is 10.9 Å². The molecule has 4 rings (SSSR count). The number of nitrogens with zero attached hydrogens (tertiary/aromatic N) is 4. The highest BCUT2D eigenvalue weighted by Crippen LogP contribution is 2.36. The van der Waals surface area contributed by atoms with Crippen LogP contribution in [0.3, 0.4) is 0 Å². The van der Waals surface area contributed by atoms with Crippen molar-refractivity contribution in [1.29, 1.82) is 0 Å². The maximum absolute atomic E-state index is 6.17. The van der Waals surface area contributed by atoms with E-state index in [2.05, 4.69) is 10.2 Å². The fourth-order valence-electron chi connectivity index (χ4n) is 2.61. The molecular weight excluding hydrogens is 439 g/mol. The van der Waals surface area contributed by atoms with E-state index in [0.29, 0.717) is 26.6 Å². The number of pyridine rings is 1. The number of thiazole rings is 1. The molecule has 144 valence electrons. The van der Waals surface area contributed by atoms with Gasteiger partial charge >= 0.3 is 0 Å². The van der Waals surface area contributed by atoms with Crippen LogP contribution in [0.4, 0.5) is 0 Å². The molecular formula is C18H14Cl2N4O2S2. The molecule has 3 aromatic heterocycles. The molecule has 3 heterocycles. The Morgan fingerprint density at radius 2 is 2.00 bits per heavy atom. The van der Waals surface area contributed by atoms with Crippen LogP contribution in [0.25, 0.3) is 16.2 Å². The molecule has 0 radical (unpaired) electrons. The third-order valence-electron chi connectivity index (χ3n) is 3.94. The molecule has 0 unspecified atom stereocenters. The average molecular weight is 453 g/mol. The van der Waals surface area contributed by atoms with Crippen molar-refractivity contribution < 1.29 is 9.47 Å². The first-order valence-electron chi connectivity index (χ1n) is 8.08. The van der Waals surface area contributed by atoms with Crippen molar-refractivity contribution in [2.75, 3.05) is 14.2 Å². The minimum Gasteiger partial charge on any atom is -0.497 e. The van der Waals surface area contributed by atoms with Crippen LogP contribution >= 0.6 is 46.3 Å². The van der Waals surface area contributed by atoms with Crippen molar-refractivity contribution in [3.05, 3.63) is 51.6 Å². The standard InChI is InChI=1S/C18H14Cl2N4O2S2/c1-25-12-3-4-13(15(6-12)26-2)17-21-11(8-27-17)9-28-18-23-22-16-14(20)5-10(19)7-24(16)18/h3-8H,9H2,1-2H3. The number of aromatic nitrogens is 4. The van der Waals surface area contributed by atoms with Gasteiger partial charge in [-0.15, -0.1) is 21.5 Å². The van der Waals surface area contributed by atoms with Crippen LogP contribution in [0, 0.1) is 0 Å². The Morgan fingerprint density at radius 3 is 2.79 bits per heavy atom. The van der Waals surface area contributed by atoms with E-state index in [0.717, 1.165) is 27.8 Å². The molecule has 10 heteroatoms. The van der Waals surface area contributed by atoms with Gasteiger partial charge in [0, 0.05) is 23.4 Å². The second-order valence-corrected chi connectivity index (χ2v) is 8.33. The van der Waals surface area contributed by atoms with Crippen LogP contribution < -0.4 is 9.47 Å². The van der Waals surface area contributed by atoms with Crippen molar-refractivity contribution in [3.8, 4) is 22.1 Å². The fourth-order valence-corrected chi connectivity index (χ4v) is 4.88. The fraction of sp³-hybridized carbons (Fsp3) is 0.167. The monoisotopic (exact) mass is 452 g/mol. The first-order chi connectivity index (χ1) is 13.6. The number of rotatable bonds is 6. The van der Waals surface area contributed by atoms with E-state index in [1.54, 1.807) is 42.2 Å². The van der Waals surface area contributed by atoms with E-state index >= 15 is 0 Å². The summed E-state index contributed by atoms with van der Waals surface area (Å²) in [6, 6.07) is 7.34. The van der Waals surface area contributed by atoms with Crippen LogP contribution in [0.15, 0.2) is 41.0 Å². The highest BCUT2D eigenvalue weighted by atomic mass is 35.5. The summed E-state index contributed by atoms with van der Waals surface area (Å²) in [5.74, 6) is 2.10. The summed E-state index contributed by atoms with van der Waals surface area (Å²) < 4.78 is 12.5. The Hall–Kier alpha value is -2.00. The number of methoxy groups -OCH3 is 2. The molecule has 0 aliphatic carbocycles. The van der Waals surface area contributed by atoms with Crippen LogP contribution in [0.2, 0.25) is 10.0 Å². The summed E-state index contributed by atoms with van der Waals surface area (Å²) in [7, 11) is 3.26. The molecule has 0 aliphatic heterocycles. The lowest BCUT2D eigenvalue weighted by molar-refractivity contribution is 0.395. The Bertz CT molecular complexity index is 1150. The van der Waals surface area contributed by atoms with Gasteiger partial charge in [0.2, 0.25) is 0 Å². The number of thioether (sulfide) groups is 1. The van der Waals surface area contributed by atoms with Crippen molar-refractivity contribution >= 4 is 51.9 Å². The molecule has 28 heavy (non-hydrogen) atoms. The summed E-state index contributed by atoms with van der Waals surface area (Å²) in [6.45, 7) is 0. The lowest BCUT2D eigenvalue weighted by atomic mass is 10.2. The maximum atomic E-state index is 6.17. The van der Waals surface area contributed by atoms with Crippen LogP contribution in [0.1, 0.15) is 5.69 Å². The molecule has 0 saturated carbocycles. The zero-order valence-corrected chi connectivity index (χ0v) is 18.0. The minimum atomic E-state index is 0.467. The second kappa shape index (κ2) is 8.16. The van der Waals surface area contributed by atoms with Crippen molar-refractivity contribution in [1.82, 2.24) is 19.6 Å². The van der Waals surface area contributed by atoms with Crippen LogP contribution in [-0.2, 0) is 5.75 Å². The zero-order chi connectivity index (χ0) is 19.7. The highest BCUT2D eigenvalue weighted by Gasteiger charge is 2.14. The first-order valence-corrected chi connectivity index (χ1v) is 10.7.